The van der Waals surface area contributed by atoms with Crippen molar-refractivity contribution in [3.05, 3.63) is 71.8 Å². The Morgan fingerprint density at radius 2 is 1.93 bits per heavy atom. The van der Waals surface area contributed by atoms with Gasteiger partial charge in [-0.05, 0) is 49.6 Å². The molecule has 0 aliphatic heterocycles. The summed E-state index contributed by atoms with van der Waals surface area (Å²) in [7, 11) is 0. The van der Waals surface area contributed by atoms with E-state index in [9.17, 15) is 14.7 Å². The smallest absolute Gasteiger partial charge is 0.330 e. The minimum Gasteiger partial charge on any atom is -0.491 e. The maximum absolute atomic E-state index is 12.3. The Labute approximate surface area is 158 Å². The molecule has 1 amide bonds. The number of amides is 1. The van der Waals surface area contributed by atoms with Crippen molar-refractivity contribution in [1.29, 1.82) is 0 Å². The van der Waals surface area contributed by atoms with Gasteiger partial charge in [-0.15, -0.1) is 0 Å². The molecule has 1 fully saturated rings. The number of ether oxygens (including phenoxy) is 1. The fraction of sp³-hybridized carbons (Fsp3) is 0.273. The predicted octanol–water partition coefficient (Wildman–Crippen LogP) is 3.61. The zero-order valence-electron chi connectivity index (χ0n) is 15.4. The van der Waals surface area contributed by atoms with Crippen LogP contribution in [0.15, 0.2) is 60.7 Å². The van der Waals surface area contributed by atoms with Crippen LogP contribution in [0.3, 0.4) is 0 Å². The molecular weight excluding hydrogens is 342 g/mol. The van der Waals surface area contributed by atoms with Crippen LogP contribution in [0.4, 0.5) is 0 Å². The highest BCUT2D eigenvalue weighted by Crippen LogP contribution is 2.51. The van der Waals surface area contributed by atoms with Gasteiger partial charge in [0.1, 0.15) is 11.3 Å². The Morgan fingerprint density at radius 3 is 2.59 bits per heavy atom. The third-order valence-electron chi connectivity index (χ3n) is 4.55. The van der Waals surface area contributed by atoms with Crippen LogP contribution in [0.2, 0.25) is 0 Å². The van der Waals surface area contributed by atoms with Crippen molar-refractivity contribution in [2.24, 2.45) is 0 Å². The molecule has 2 N–H and O–H groups in total. The van der Waals surface area contributed by atoms with Gasteiger partial charge in [-0.25, -0.2) is 4.79 Å². The van der Waals surface area contributed by atoms with Gasteiger partial charge in [-0.1, -0.05) is 42.5 Å². The average Bonchev–Trinajstić information content (AvgIpc) is 3.36. The molecule has 1 saturated carbocycles. The Morgan fingerprint density at radius 1 is 1.19 bits per heavy atom. The first kappa shape index (κ1) is 18.7. The minimum absolute atomic E-state index is 0.0627. The second-order valence-corrected chi connectivity index (χ2v) is 7.01. The van der Waals surface area contributed by atoms with Gasteiger partial charge < -0.3 is 15.2 Å². The summed E-state index contributed by atoms with van der Waals surface area (Å²) >= 11 is 0. The van der Waals surface area contributed by atoms with Crippen LogP contribution in [-0.2, 0) is 9.59 Å². The molecule has 5 nitrogen and oxygen atoms in total. The second kappa shape index (κ2) is 7.66. The third kappa shape index (κ3) is 4.37. The monoisotopic (exact) mass is 365 g/mol. The SMILES string of the molecule is CC(C)Oc1cccc(/C=C/C(=O)NC2(C(=O)O)CC2c2ccccc2)c1. The van der Waals surface area contributed by atoms with E-state index >= 15 is 0 Å². The Bertz CT molecular complexity index is 860. The number of carboxylic acids is 1. The van der Waals surface area contributed by atoms with Crippen molar-refractivity contribution in [2.75, 3.05) is 0 Å². The van der Waals surface area contributed by atoms with Crippen LogP contribution < -0.4 is 10.1 Å². The molecule has 27 heavy (non-hydrogen) atoms. The standard InChI is InChI=1S/C22H23NO4/c1-15(2)27-18-10-6-7-16(13-18)11-12-20(24)23-22(21(25)26)14-19(22)17-8-4-3-5-9-17/h3-13,15,19H,14H2,1-2H3,(H,23,24)(H,25,26)/b12-11+. The highest BCUT2D eigenvalue weighted by Gasteiger charge is 2.62. The summed E-state index contributed by atoms with van der Waals surface area (Å²) in [6, 6.07) is 16.8. The summed E-state index contributed by atoms with van der Waals surface area (Å²) in [6.07, 6.45) is 3.47. The second-order valence-electron chi connectivity index (χ2n) is 7.01. The van der Waals surface area contributed by atoms with Gasteiger partial charge in [0.2, 0.25) is 5.91 Å². The zero-order chi connectivity index (χ0) is 19.4. The summed E-state index contributed by atoms with van der Waals surface area (Å²) in [5, 5.41) is 12.3. The van der Waals surface area contributed by atoms with Gasteiger partial charge in [-0.3, -0.25) is 4.79 Å². The van der Waals surface area contributed by atoms with Gasteiger partial charge in [0.15, 0.2) is 0 Å². The van der Waals surface area contributed by atoms with E-state index in [1.807, 2.05) is 68.4 Å². The summed E-state index contributed by atoms with van der Waals surface area (Å²) < 4.78 is 5.63. The number of hydrogen-bond donors (Lipinski definition) is 2. The largest absolute Gasteiger partial charge is 0.491 e. The number of carbonyl (C=O) groups excluding carboxylic acids is 1. The average molecular weight is 365 g/mol. The van der Waals surface area contributed by atoms with Crippen molar-refractivity contribution in [3.63, 3.8) is 0 Å². The van der Waals surface area contributed by atoms with E-state index in [-0.39, 0.29) is 12.0 Å². The molecule has 0 bridgehead atoms. The summed E-state index contributed by atoms with van der Waals surface area (Å²) in [5.74, 6) is -0.923. The molecule has 140 valence electrons. The Kier molecular flexibility index (Phi) is 5.31. The van der Waals surface area contributed by atoms with Crippen LogP contribution in [0.25, 0.3) is 6.08 Å². The first-order valence-electron chi connectivity index (χ1n) is 8.96. The fourth-order valence-corrected chi connectivity index (χ4v) is 3.18. The quantitative estimate of drug-likeness (QED) is 0.735. The molecule has 2 atom stereocenters. The highest BCUT2D eigenvalue weighted by atomic mass is 16.5. The lowest BCUT2D eigenvalue weighted by molar-refractivity contribution is -0.142. The maximum atomic E-state index is 12.3. The Balaban J connectivity index is 1.68. The van der Waals surface area contributed by atoms with Crippen molar-refractivity contribution in [2.45, 2.75) is 37.8 Å². The predicted molar refractivity (Wildman–Crippen MR) is 104 cm³/mol. The summed E-state index contributed by atoms with van der Waals surface area (Å²) in [6.45, 7) is 3.89. The molecule has 3 rings (SSSR count). The molecule has 0 saturated heterocycles. The summed E-state index contributed by atoms with van der Waals surface area (Å²) in [5.41, 5.74) is 0.497. The van der Waals surface area contributed by atoms with E-state index in [1.165, 1.54) is 6.08 Å². The normalized spacial score (nSPS) is 21.2. The lowest BCUT2D eigenvalue weighted by Gasteiger charge is -2.14. The molecule has 0 aromatic heterocycles. The zero-order valence-corrected chi connectivity index (χ0v) is 15.4. The van der Waals surface area contributed by atoms with Crippen LogP contribution in [-0.4, -0.2) is 28.6 Å². The maximum Gasteiger partial charge on any atom is 0.330 e. The molecule has 1 aliphatic rings. The first-order chi connectivity index (χ1) is 12.9. The lowest BCUT2D eigenvalue weighted by Crippen LogP contribution is -2.43. The van der Waals surface area contributed by atoms with Gasteiger partial charge in [0.25, 0.3) is 0 Å². The van der Waals surface area contributed by atoms with E-state index in [0.29, 0.717) is 6.42 Å². The number of benzene rings is 2. The van der Waals surface area contributed by atoms with Crippen molar-refractivity contribution in [3.8, 4) is 5.75 Å². The molecule has 2 aromatic carbocycles. The highest BCUT2D eigenvalue weighted by molar-refractivity contribution is 5.98. The Hall–Kier alpha value is -3.08. The number of carbonyl (C=O) groups is 2. The number of rotatable bonds is 7. The van der Waals surface area contributed by atoms with Crippen LogP contribution in [0.1, 0.15) is 37.3 Å². The van der Waals surface area contributed by atoms with E-state index in [4.69, 9.17) is 4.74 Å². The van der Waals surface area contributed by atoms with Crippen LogP contribution in [0, 0.1) is 0 Å². The van der Waals surface area contributed by atoms with Crippen LogP contribution in [0.5, 0.6) is 5.75 Å². The van der Waals surface area contributed by atoms with E-state index in [0.717, 1.165) is 16.9 Å². The number of carboxylic acid groups (broad SMARTS) is 1. The van der Waals surface area contributed by atoms with Crippen LogP contribution >= 0.6 is 0 Å². The molecule has 0 radical (unpaired) electrons. The van der Waals surface area contributed by atoms with E-state index < -0.39 is 17.4 Å². The molecule has 2 unspecified atom stereocenters. The third-order valence-corrected chi connectivity index (χ3v) is 4.55. The van der Waals surface area contributed by atoms with Gasteiger partial charge in [0, 0.05) is 12.0 Å². The molecular formula is C22H23NO4. The van der Waals surface area contributed by atoms with Gasteiger partial charge >= 0.3 is 5.97 Å². The van der Waals surface area contributed by atoms with Gasteiger partial charge in [0.05, 0.1) is 6.10 Å². The van der Waals surface area contributed by atoms with E-state index in [2.05, 4.69) is 5.32 Å². The first-order valence-corrected chi connectivity index (χ1v) is 8.96. The number of nitrogens with one attached hydrogen (secondary N) is 1. The summed E-state index contributed by atoms with van der Waals surface area (Å²) in [4.78, 5) is 24.1. The molecule has 5 heteroatoms. The van der Waals surface area contributed by atoms with Gasteiger partial charge in [-0.2, -0.15) is 0 Å². The molecule has 1 aliphatic carbocycles. The number of aliphatic carboxylic acids is 1. The topological polar surface area (TPSA) is 75.6 Å². The van der Waals surface area contributed by atoms with Crippen molar-refractivity contribution >= 4 is 18.0 Å². The fourth-order valence-electron chi connectivity index (χ4n) is 3.18. The molecule has 0 spiro atoms. The number of hydrogen-bond acceptors (Lipinski definition) is 3. The van der Waals surface area contributed by atoms with Crippen molar-refractivity contribution < 1.29 is 19.4 Å². The molecule has 0 heterocycles. The minimum atomic E-state index is -1.23. The van der Waals surface area contributed by atoms with E-state index in [1.54, 1.807) is 6.08 Å². The van der Waals surface area contributed by atoms with Crippen molar-refractivity contribution in [1.82, 2.24) is 5.32 Å². The molecule has 2 aromatic rings. The lowest BCUT2D eigenvalue weighted by atomic mass is 10.1.